The van der Waals surface area contributed by atoms with Crippen LogP contribution in [0.25, 0.3) is 0 Å². The first-order chi connectivity index (χ1) is 8.50. The zero-order chi connectivity index (χ0) is 13.3. The second-order valence-corrected chi connectivity index (χ2v) is 6.44. The van der Waals surface area contributed by atoms with Gasteiger partial charge in [-0.3, -0.25) is 9.00 Å². The average molecular weight is 307 g/mol. The van der Waals surface area contributed by atoms with E-state index in [1.165, 1.54) is 0 Å². The fraction of sp³-hybridized carbons (Fsp3) is 0.364. The highest BCUT2D eigenvalue weighted by atomic mass is 35.5. The van der Waals surface area contributed by atoms with E-state index in [1.54, 1.807) is 17.0 Å². The minimum absolute atomic E-state index is 0.180. The zero-order valence-electron chi connectivity index (χ0n) is 9.49. The Labute approximate surface area is 117 Å². The van der Waals surface area contributed by atoms with E-state index in [-0.39, 0.29) is 16.6 Å². The molecule has 1 heterocycles. The maximum atomic E-state index is 12.2. The van der Waals surface area contributed by atoms with Crippen molar-refractivity contribution in [1.29, 1.82) is 0 Å². The van der Waals surface area contributed by atoms with Gasteiger partial charge in [0.1, 0.15) is 0 Å². The number of anilines is 1. The molecule has 0 spiro atoms. The maximum Gasteiger partial charge on any atom is 0.255 e. The van der Waals surface area contributed by atoms with Crippen LogP contribution in [-0.2, 0) is 10.8 Å². The van der Waals surface area contributed by atoms with E-state index in [1.807, 2.05) is 0 Å². The van der Waals surface area contributed by atoms with Crippen LogP contribution >= 0.6 is 23.2 Å². The molecule has 1 aliphatic rings. The van der Waals surface area contributed by atoms with Crippen molar-refractivity contribution in [3.05, 3.63) is 27.7 Å². The average Bonchev–Trinajstić information content (AvgIpc) is 2.36. The van der Waals surface area contributed by atoms with Crippen molar-refractivity contribution >= 4 is 45.6 Å². The van der Waals surface area contributed by atoms with Crippen LogP contribution in [0.2, 0.25) is 10.0 Å². The van der Waals surface area contributed by atoms with Crippen molar-refractivity contribution in [2.45, 2.75) is 0 Å². The Morgan fingerprint density at radius 1 is 1.28 bits per heavy atom. The van der Waals surface area contributed by atoms with Gasteiger partial charge in [-0.25, -0.2) is 0 Å². The molecule has 0 radical (unpaired) electrons. The number of nitrogens with two attached hydrogens (primary N) is 1. The molecule has 7 heteroatoms. The number of halogens is 2. The minimum Gasteiger partial charge on any atom is -0.396 e. The van der Waals surface area contributed by atoms with Crippen molar-refractivity contribution in [1.82, 2.24) is 4.90 Å². The lowest BCUT2D eigenvalue weighted by atomic mass is 10.1. The SMILES string of the molecule is Nc1c(Cl)ccc(C(=O)N2CCS(=O)CC2)c1Cl. The predicted octanol–water partition coefficient (Wildman–Crippen LogP) is 1.78. The number of rotatable bonds is 1. The molecule has 18 heavy (non-hydrogen) atoms. The van der Waals surface area contributed by atoms with Crippen molar-refractivity contribution < 1.29 is 9.00 Å². The van der Waals surface area contributed by atoms with Gasteiger partial charge in [0.25, 0.3) is 5.91 Å². The van der Waals surface area contributed by atoms with E-state index in [2.05, 4.69) is 0 Å². The summed E-state index contributed by atoms with van der Waals surface area (Å²) in [5, 5.41) is 0.510. The summed E-state index contributed by atoms with van der Waals surface area (Å²) in [5.41, 5.74) is 6.24. The summed E-state index contributed by atoms with van der Waals surface area (Å²) in [6.07, 6.45) is 0. The van der Waals surface area contributed by atoms with Gasteiger partial charge in [0, 0.05) is 35.4 Å². The van der Waals surface area contributed by atoms with E-state index in [0.29, 0.717) is 35.2 Å². The predicted molar refractivity (Wildman–Crippen MR) is 74.7 cm³/mol. The Kier molecular flexibility index (Phi) is 4.14. The molecule has 1 amide bonds. The molecule has 4 nitrogen and oxygen atoms in total. The number of nitrogens with zero attached hydrogens (tertiary/aromatic N) is 1. The molecular weight excluding hydrogens is 295 g/mol. The van der Waals surface area contributed by atoms with Crippen molar-refractivity contribution in [2.24, 2.45) is 0 Å². The Hall–Kier alpha value is -0.780. The van der Waals surface area contributed by atoms with E-state index >= 15 is 0 Å². The third kappa shape index (κ3) is 2.63. The molecule has 2 N–H and O–H groups in total. The normalized spacial score (nSPS) is 16.9. The van der Waals surface area contributed by atoms with Crippen LogP contribution in [0.3, 0.4) is 0 Å². The monoisotopic (exact) mass is 306 g/mol. The van der Waals surface area contributed by atoms with E-state index in [9.17, 15) is 9.00 Å². The van der Waals surface area contributed by atoms with E-state index < -0.39 is 10.8 Å². The fourth-order valence-electron chi connectivity index (χ4n) is 1.75. The van der Waals surface area contributed by atoms with Gasteiger partial charge >= 0.3 is 0 Å². The Morgan fingerprint density at radius 3 is 2.50 bits per heavy atom. The van der Waals surface area contributed by atoms with Gasteiger partial charge in [-0.15, -0.1) is 0 Å². The number of carbonyl (C=O) groups excluding carboxylic acids is 1. The quantitative estimate of drug-likeness (QED) is 0.804. The smallest absolute Gasteiger partial charge is 0.255 e. The van der Waals surface area contributed by atoms with Crippen molar-refractivity contribution in [2.75, 3.05) is 30.3 Å². The number of carbonyl (C=O) groups is 1. The molecule has 98 valence electrons. The number of nitrogen functional groups attached to an aromatic ring is 1. The second kappa shape index (κ2) is 5.47. The highest BCUT2D eigenvalue weighted by molar-refractivity contribution is 7.85. The van der Waals surface area contributed by atoms with E-state index in [4.69, 9.17) is 28.9 Å². The van der Waals surface area contributed by atoms with Crippen molar-refractivity contribution in [3.8, 4) is 0 Å². The molecule has 1 saturated heterocycles. The number of hydrogen-bond acceptors (Lipinski definition) is 3. The van der Waals surface area contributed by atoms with Gasteiger partial charge in [0.2, 0.25) is 0 Å². The molecule has 0 unspecified atom stereocenters. The topological polar surface area (TPSA) is 63.4 Å². The minimum atomic E-state index is -0.820. The molecular formula is C11H12Cl2N2O2S. The fourth-order valence-corrected chi connectivity index (χ4v) is 3.25. The highest BCUT2D eigenvalue weighted by Gasteiger charge is 2.24. The molecule has 0 aromatic heterocycles. The van der Waals surface area contributed by atoms with Crippen LogP contribution in [0.5, 0.6) is 0 Å². The van der Waals surface area contributed by atoms with Gasteiger partial charge in [-0.1, -0.05) is 23.2 Å². The first-order valence-corrected chi connectivity index (χ1v) is 7.63. The summed E-state index contributed by atoms with van der Waals surface area (Å²) in [4.78, 5) is 13.9. The van der Waals surface area contributed by atoms with Crippen LogP contribution in [0.4, 0.5) is 5.69 Å². The summed E-state index contributed by atoms with van der Waals surface area (Å²) >= 11 is 11.8. The van der Waals surface area contributed by atoms with Gasteiger partial charge in [0.15, 0.2) is 0 Å². The number of hydrogen-bond donors (Lipinski definition) is 1. The summed E-state index contributed by atoms with van der Waals surface area (Å²) in [5.74, 6) is 0.818. The highest BCUT2D eigenvalue weighted by Crippen LogP contribution is 2.31. The lowest BCUT2D eigenvalue weighted by Crippen LogP contribution is -2.41. The van der Waals surface area contributed by atoms with Gasteiger partial charge < -0.3 is 10.6 Å². The molecule has 1 fully saturated rings. The van der Waals surface area contributed by atoms with Gasteiger partial charge in [-0.2, -0.15) is 0 Å². The number of amides is 1. The first-order valence-electron chi connectivity index (χ1n) is 5.38. The van der Waals surface area contributed by atoms with Crippen LogP contribution < -0.4 is 5.73 Å². The molecule has 0 aliphatic carbocycles. The largest absolute Gasteiger partial charge is 0.396 e. The summed E-state index contributed by atoms with van der Waals surface area (Å²) in [7, 11) is -0.820. The second-order valence-electron chi connectivity index (χ2n) is 3.96. The Morgan fingerprint density at radius 2 is 1.89 bits per heavy atom. The zero-order valence-corrected chi connectivity index (χ0v) is 11.8. The van der Waals surface area contributed by atoms with Crippen LogP contribution in [0, 0.1) is 0 Å². The molecule has 1 aromatic rings. The lowest BCUT2D eigenvalue weighted by molar-refractivity contribution is 0.0771. The third-order valence-corrected chi connectivity index (χ3v) is 4.83. The van der Waals surface area contributed by atoms with Crippen LogP contribution in [0.1, 0.15) is 10.4 Å². The summed E-state index contributed by atoms with van der Waals surface area (Å²) in [6, 6.07) is 3.12. The molecule has 0 saturated carbocycles. The van der Waals surface area contributed by atoms with Crippen molar-refractivity contribution in [3.63, 3.8) is 0 Å². The Bertz CT molecular complexity index is 512. The molecule has 0 bridgehead atoms. The van der Waals surface area contributed by atoms with Crippen LogP contribution in [-0.4, -0.2) is 39.6 Å². The Balaban J connectivity index is 2.24. The maximum absolute atomic E-state index is 12.2. The molecule has 1 aromatic carbocycles. The standard InChI is InChI=1S/C11H12Cl2N2O2S/c12-8-2-1-7(9(13)10(8)14)11(16)15-3-5-18(17)6-4-15/h1-2H,3-6,14H2. The first kappa shape index (κ1) is 13.6. The van der Waals surface area contributed by atoms with Crippen LogP contribution in [0.15, 0.2) is 12.1 Å². The van der Waals surface area contributed by atoms with Gasteiger partial charge in [0.05, 0.1) is 21.3 Å². The molecule has 1 aliphatic heterocycles. The number of benzene rings is 1. The molecule has 0 atom stereocenters. The molecule has 2 rings (SSSR count). The third-order valence-electron chi connectivity index (χ3n) is 2.82. The lowest BCUT2D eigenvalue weighted by Gasteiger charge is -2.26. The van der Waals surface area contributed by atoms with Gasteiger partial charge in [-0.05, 0) is 12.1 Å². The summed E-state index contributed by atoms with van der Waals surface area (Å²) < 4.78 is 11.2. The summed E-state index contributed by atoms with van der Waals surface area (Å²) in [6.45, 7) is 0.953. The van der Waals surface area contributed by atoms with E-state index in [0.717, 1.165) is 0 Å².